The third-order valence-electron chi connectivity index (χ3n) is 1.78. The Morgan fingerprint density at radius 1 is 1.58 bits per heavy atom. The quantitative estimate of drug-likeness (QED) is 0.508. The normalized spacial score (nSPS) is 15.4. The number of hydrogen-bond acceptors (Lipinski definition) is 3. The summed E-state index contributed by atoms with van der Waals surface area (Å²) in [5, 5.41) is 9.52. The first-order chi connectivity index (χ1) is 5.54. The molecule has 3 heteroatoms. The van der Waals surface area contributed by atoms with E-state index in [1.807, 2.05) is 13.8 Å². The van der Waals surface area contributed by atoms with Crippen LogP contribution < -0.4 is 0 Å². The van der Waals surface area contributed by atoms with Gasteiger partial charge in [-0.1, -0.05) is 19.9 Å². The Morgan fingerprint density at radius 3 is 2.33 bits per heavy atom. The van der Waals surface area contributed by atoms with Crippen LogP contribution in [0.5, 0.6) is 0 Å². The van der Waals surface area contributed by atoms with Crippen molar-refractivity contribution >= 4 is 5.97 Å². The third-order valence-corrected chi connectivity index (χ3v) is 1.78. The zero-order chi connectivity index (χ0) is 9.72. The molecule has 70 valence electrons. The smallest absolute Gasteiger partial charge is 0.315 e. The van der Waals surface area contributed by atoms with Gasteiger partial charge in [-0.05, 0) is 5.92 Å². The molecule has 0 amide bonds. The monoisotopic (exact) mass is 172 g/mol. The molecule has 0 aromatic carbocycles. The molecule has 0 unspecified atom stereocenters. The number of esters is 1. The summed E-state index contributed by atoms with van der Waals surface area (Å²) >= 11 is 0. The maximum Gasteiger partial charge on any atom is 0.315 e. The molecule has 0 aliphatic rings. The zero-order valence-corrected chi connectivity index (χ0v) is 7.78. The largest absolute Gasteiger partial charge is 0.468 e. The van der Waals surface area contributed by atoms with E-state index < -0.39 is 18.0 Å². The van der Waals surface area contributed by atoms with Crippen LogP contribution >= 0.6 is 0 Å². The number of ether oxygens (including phenoxy) is 1. The van der Waals surface area contributed by atoms with Gasteiger partial charge in [-0.15, -0.1) is 6.58 Å². The van der Waals surface area contributed by atoms with E-state index in [2.05, 4.69) is 11.3 Å². The van der Waals surface area contributed by atoms with Gasteiger partial charge in [0, 0.05) is 0 Å². The molecule has 0 fully saturated rings. The van der Waals surface area contributed by atoms with Crippen LogP contribution in [0.15, 0.2) is 12.7 Å². The van der Waals surface area contributed by atoms with Crippen molar-refractivity contribution in [3.63, 3.8) is 0 Å². The minimum atomic E-state index is -0.713. The summed E-state index contributed by atoms with van der Waals surface area (Å²) in [6.07, 6.45) is 0.700. The SMILES string of the molecule is C=C[C@H](C(=O)OC)[C@@H](O)C(C)C. The minimum absolute atomic E-state index is 0.0205. The van der Waals surface area contributed by atoms with Crippen LogP contribution in [0.3, 0.4) is 0 Å². The van der Waals surface area contributed by atoms with Crippen molar-refractivity contribution in [3.05, 3.63) is 12.7 Å². The Bertz CT molecular complexity index is 163. The Balaban J connectivity index is 4.33. The first kappa shape index (κ1) is 11.2. The van der Waals surface area contributed by atoms with Crippen molar-refractivity contribution in [2.24, 2.45) is 11.8 Å². The van der Waals surface area contributed by atoms with E-state index in [-0.39, 0.29) is 5.92 Å². The maximum absolute atomic E-state index is 11.0. The number of hydrogen-bond donors (Lipinski definition) is 1. The molecule has 0 saturated carbocycles. The lowest BCUT2D eigenvalue weighted by Gasteiger charge is -2.20. The minimum Gasteiger partial charge on any atom is -0.468 e. The average molecular weight is 172 g/mol. The first-order valence-corrected chi connectivity index (χ1v) is 3.93. The summed E-state index contributed by atoms with van der Waals surface area (Å²) < 4.78 is 4.50. The van der Waals surface area contributed by atoms with Crippen molar-refractivity contribution in [3.8, 4) is 0 Å². The number of aliphatic hydroxyl groups is 1. The molecule has 0 saturated heterocycles. The van der Waals surface area contributed by atoms with Crippen LogP contribution in [-0.4, -0.2) is 24.3 Å². The second kappa shape index (κ2) is 4.93. The number of carbonyl (C=O) groups excluding carboxylic acids is 1. The van der Waals surface area contributed by atoms with Crippen LogP contribution in [0.25, 0.3) is 0 Å². The molecule has 12 heavy (non-hydrogen) atoms. The standard InChI is InChI=1S/C9H16O3/c1-5-7(9(11)12-4)8(10)6(2)3/h5-8,10H,1H2,2-4H3/t7-,8-/m0/s1. The van der Waals surface area contributed by atoms with Crippen LogP contribution in [0, 0.1) is 11.8 Å². The van der Waals surface area contributed by atoms with Crippen molar-refractivity contribution in [2.45, 2.75) is 20.0 Å². The Morgan fingerprint density at radius 2 is 2.08 bits per heavy atom. The first-order valence-electron chi connectivity index (χ1n) is 3.93. The predicted molar refractivity (Wildman–Crippen MR) is 46.5 cm³/mol. The van der Waals surface area contributed by atoms with Gasteiger partial charge in [0.2, 0.25) is 0 Å². The highest BCUT2D eigenvalue weighted by Crippen LogP contribution is 2.14. The lowest BCUT2D eigenvalue weighted by atomic mass is 9.93. The summed E-state index contributed by atoms with van der Waals surface area (Å²) in [4.78, 5) is 11.0. The number of aliphatic hydroxyl groups excluding tert-OH is 1. The van der Waals surface area contributed by atoms with Gasteiger partial charge in [-0.2, -0.15) is 0 Å². The molecule has 0 aromatic heterocycles. The summed E-state index contributed by atoms with van der Waals surface area (Å²) in [5.41, 5.74) is 0. The Hall–Kier alpha value is -0.830. The highest BCUT2D eigenvalue weighted by atomic mass is 16.5. The second-order valence-electron chi connectivity index (χ2n) is 3.02. The molecular weight excluding hydrogens is 156 g/mol. The summed E-state index contributed by atoms with van der Waals surface area (Å²) in [5.74, 6) is -1.03. The Labute approximate surface area is 73.0 Å². The molecule has 0 aliphatic carbocycles. The van der Waals surface area contributed by atoms with Gasteiger partial charge in [0.05, 0.1) is 13.2 Å². The van der Waals surface area contributed by atoms with Crippen LogP contribution in [-0.2, 0) is 9.53 Å². The van der Waals surface area contributed by atoms with Gasteiger partial charge in [0.15, 0.2) is 0 Å². The molecule has 2 atom stereocenters. The molecule has 0 radical (unpaired) electrons. The fraction of sp³-hybridized carbons (Fsp3) is 0.667. The Kier molecular flexibility index (Phi) is 4.59. The third kappa shape index (κ3) is 2.66. The molecule has 0 heterocycles. The highest BCUT2D eigenvalue weighted by molar-refractivity contribution is 5.74. The number of rotatable bonds is 4. The summed E-state index contributed by atoms with van der Waals surface area (Å²) in [6, 6.07) is 0. The van der Waals surface area contributed by atoms with E-state index in [0.29, 0.717) is 0 Å². The van der Waals surface area contributed by atoms with Crippen LogP contribution in [0.1, 0.15) is 13.8 Å². The highest BCUT2D eigenvalue weighted by Gasteiger charge is 2.26. The lowest BCUT2D eigenvalue weighted by Crippen LogP contribution is -2.31. The van der Waals surface area contributed by atoms with Gasteiger partial charge in [-0.25, -0.2) is 0 Å². The van der Waals surface area contributed by atoms with Gasteiger partial charge in [-0.3, -0.25) is 4.79 Å². The van der Waals surface area contributed by atoms with E-state index in [4.69, 9.17) is 0 Å². The van der Waals surface area contributed by atoms with Crippen molar-refractivity contribution < 1.29 is 14.6 Å². The van der Waals surface area contributed by atoms with E-state index in [9.17, 15) is 9.90 Å². The lowest BCUT2D eigenvalue weighted by molar-refractivity contribution is -0.148. The van der Waals surface area contributed by atoms with Gasteiger partial charge >= 0.3 is 5.97 Å². The summed E-state index contributed by atoms with van der Waals surface area (Å²) in [6.45, 7) is 7.15. The molecule has 0 aromatic rings. The van der Waals surface area contributed by atoms with Gasteiger partial charge < -0.3 is 9.84 Å². The number of methoxy groups -OCH3 is 1. The van der Waals surface area contributed by atoms with Crippen molar-refractivity contribution in [1.82, 2.24) is 0 Å². The van der Waals surface area contributed by atoms with E-state index in [0.717, 1.165) is 0 Å². The van der Waals surface area contributed by atoms with Crippen molar-refractivity contribution in [2.75, 3.05) is 7.11 Å². The molecule has 1 N–H and O–H groups in total. The molecule has 3 nitrogen and oxygen atoms in total. The molecule has 0 spiro atoms. The molecule has 0 aliphatic heterocycles. The molecule has 0 bridgehead atoms. The zero-order valence-electron chi connectivity index (χ0n) is 7.78. The number of carbonyl (C=O) groups is 1. The fourth-order valence-electron chi connectivity index (χ4n) is 0.926. The topological polar surface area (TPSA) is 46.5 Å². The predicted octanol–water partition coefficient (Wildman–Crippen LogP) is 0.978. The van der Waals surface area contributed by atoms with Crippen molar-refractivity contribution in [1.29, 1.82) is 0 Å². The van der Waals surface area contributed by atoms with Crippen LogP contribution in [0.2, 0.25) is 0 Å². The average Bonchev–Trinajstić information content (AvgIpc) is 2.05. The second-order valence-corrected chi connectivity index (χ2v) is 3.02. The van der Waals surface area contributed by atoms with Gasteiger partial charge in [0.25, 0.3) is 0 Å². The van der Waals surface area contributed by atoms with E-state index in [1.54, 1.807) is 0 Å². The van der Waals surface area contributed by atoms with Crippen LogP contribution in [0.4, 0.5) is 0 Å². The van der Waals surface area contributed by atoms with Gasteiger partial charge in [0.1, 0.15) is 5.92 Å². The van der Waals surface area contributed by atoms with E-state index >= 15 is 0 Å². The fourth-order valence-corrected chi connectivity index (χ4v) is 0.926. The maximum atomic E-state index is 11.0. The summed E-state index contributed by atoms with van der Waals surface area (Å²) in [7, 11) is 1.30. The molecule has 0 rings (SSSR count). The molecular formula is C9H16O3. The van der Waals surface area contributed by atoms with E-state index in [1.165, 1.54) is 13.2 Å².